The minimum atomic E-state index is -3.40. The van der Waals surface area contributed by atoms with Crippen molar-refractivity contribution in [1.29, 1.82) is 0 Å². The molecule has 120 valence electrons. The topological polar surface area (TPSA) is 67.3 Å². The Hall–Kier alpha value is -1.76. The van der Waals surface area contributed by atoms with E-state index in [1.165, 1.54) is 11.3 Å². The first-order valence-electron chi connectivity index (χ1n) is 7.21. The normalized spacial score (nSPS) is 13.3. The predicted octanol–water partition coefficient (Wildman–Crippen LogP) is 3.25. The third kappa shape index (κ3) is 3.96. The molecule has 2 aromatic carbocycles. The van der Waals surface area contributed by atoms with Crippen LogP contribution in [0.4, 0.5) is 0 Å². The van der Waals surface area contributed by atoms with Gasteiger partial charge in [0.05, 0.1) is 22.6 Å². The monoisotopic (exact) mass is 347 g/mol. The third-order valence-electron chi connectivity index (χ3n) is 3.60. The van der Waals surface area contributed by atoms with Gasteiger partial charge in [-0.1, -0.05) is 36.4 Å². The second-order valence-corrected chi connectivity index (χ2v) is 8.95. The smallest absolute Gasteiger partial charge is 0.158 e. The zero-order valence-electron chi connectivity index (χ0n) is 12.6. The highest BCUT2D eigenvalue weighted by Gasteiger charge is 2.20. The average molecular weight is 347 g/mol. The van der Waals surface area contributed by atoms with Gasteiger partial charge < -0.3 is 5.11 Å². The molecule has 6 heteroatoms. The number of thiazole rings is 1. The molecule has 0 amide bonds. The Kier molecular flexibility index (Phi) is 4.48. The molecule has 4 nitrogen and oxygen atoms in total. The van der Waals surface area contributed by atoms with Gasteiger partial charge in [0.2, 0.25) is 0 Å². The molecule has 0 fully saturated rings. The lowest BCUT2D eigenvalue weighted by molar-refractivity contribution is 0.202. The van der Waals surface area contributed by atoms with Crippen molar-refractivity contribution in [2.24, 2.45) is 0 Å². The van der Waals surface area contributed by atoms with E-state index in [1.54, 1.807) is 12.3 Å². The fourth-order valence-corrected chi connectivity index (χ4v) is 5.16. The number of sulfone groups is 1. The summed E-state index contributed by atoms with van der Waals surface area (Å²) in [6, 6.07) is 13.3. The Bertz CT molecular complexity index is 932. The number of aliphatic hydroxyl groups is 1. The summed E-state index contributed by atoms with van der Waals surface area (Å²) in [5.74, 6) is -0.370. The molecule has 0 bridgehead atoms. The number of benzene rings is 2. The van der Waals surface area contributed by atoms with Crippen LogP contribution >= 0.6 is 11.3 Å². The lowest BCUT2D eigenvalue weighted by Gasteiger charge is -2.12. The zero-order valence-corrected chi connectivity index (χ0v) is 14.3. The van der Waals surface area contributed by atoms with E-state index in [-0.39, 0.29) is 11.5 Å². The Labute approximate surface area is 139 Å². The van der Waals surface area contributed by atoms with Crippen molar-refractivity contribution in [2.45, 2.75) is 18.8 Å². The number of hydrogen-bond acceptors (Lipinski definition) is 5. The molecule has 0 saturated carbocycles. The summed E-state index contributed by atoms with van der Waals surface area (Å²) >= 11 is 1.37. The van der Waals surface area contributed by atoms with E-state index in [0.717, 1.165) is 15.8 Å². The molecule has 0 radical (unpaired) electrons. The van der Waals surface area contributed by atoms with Gasteiger partial charge in [-0.15, -0.1) is 11.3 Å². The summed E-state index contributed by atoms with van der Waals surface area (Å²) in [7, 11) is -3.40. The fraction of sp³-hybridized carbons (Fsp3) is 0.235. The van der Waals surface area contributed by atoms with Crippen LogP contribution in [0.3, 0.4) is 0 Å². The van der Waals surface area contributed by atoms with Gasteiger partial charge in [0.1, 0.15) is 0 Å². The predicted molar refractivity (Wildman–Crippen MR) is 93.2 cm³/mol. The van der Waals surface area contributed by atoms with Crippen LogP contribution in [0.2, 0.25) is 0 Å². The molecular weight excluding hydrogens is 330 g/mol. The van der Waals surface area contributed by atoms with Crippen molar-refractivity contribution in [1.82, 2.24) is 4.98 Å². The van der Waals surface area contributed by atoms with Gasteiger partial charge in [0, 0.05) is 11.1 Å². The number of aromatic nitrogens is 1. The van der Waals surface area contributed by atoms with Gasteiger partial charge in [0.15, 0.2) is 9.84 Å². The maximum Gasteiger partial charge on any atom is 0.158 e. The largest absolute Gasteiger partial charge is 0.387 e. The molecule has 1 aromatic heterocycles. The molecule has 3 aromatic rings. The highest BCUT2D eigenvalue weighted by Crippen LogP contribution is 2.23. The van der Waals surface area contributed by atoms with Crippen molar-refractivity contribution in [2.75, 3.05) is 5.75 Å². The molecule has 1 unspecified atom stereocenters. The van der Waals surface area contributed by atoms with E-state index in [0.29, 0.717) is 10.4 Å². The first-order chi connectivity index (χ1) is 10.9. The second kappa shape index (κ2) is 6.39. The van der Waals surface area contributed by atoms with Crippen molar-refractivity contribution >= 4 is 31.9 Å². The number of hydrogen-bond donors (Lipinski definition) is 1. The number of nitrogens with zero attached hydrogens (tertiary/aromatic N) is 1. The van der Waals surface area contributed by atoms with Crippen LogP contribution in [0.15, 0.2) is 48.7 Å². The maximum atomic E-state index is 12.3. The van der Waals surface area contributed by atoms with Crippen LogP contribution in [0.1, 0.15) is 21.6 Å². The third-order valence-corrected chi connectivity index (χ3v) is 6.27. The van der Waals surface area contributed by atoms with Crippen molar-refractivity contribution < 1.29 is 13.5 Å². The van der Waals surface area contributed by atoms with E-state index in [1.807, 2.05) is 43.3 Å². The minimum Gasteiger partial charge on any atom is -0.387 e. The van der Waals surface area contributed by atoms with Gasteiger partial charge in [0.25, 0.3) is 0 Å². The van der Waals surface area contributed by atoms with Crippen LogP contribution in [0.5, 0.6) is 0 Å². The summed E-state index contributed by atoms with van der Waals surface area (Å²) in [5.41, 5.74) is 0.618. The van der Waals surface area contributed by atoms with E-state index in [4.69, 9.17) is 0 Å². The number of aliphatic hydroxyl groups excluding tert-OH is 1. The summed E-state index contributed by atoms with van der Waals surface area (Å²) < 4.78 is 24.6. The highest BCUT2D eigenvalue weighted by molar-refractivity contribution is 7.90. The van der Waals surface area contributed by atoms with Crippen molar-refractivity contribution in [3.63, 3.8) is 0 Å². The van der Waals surface area contributed by atoms with Gasteiger partial charge in [-0.3, -0.25) is 0 Å². The minimum absolute atomic E-state index is 0.0802. The van der Waals surface area contributed by atoms with E-state index in [2.05, 4.69) is 4.98 Å². The summed E-state index contributed by atoms with van der Waals surface area (Å²) in [6.07, 6.45) is 0.554. The Morgan fingerprint density at radius 3 is 2.61 bits per heavy atom. The average Bonchev–Trinajstić information content (AvgIpc) is 2.90. The Morgan fingerprint density at radius 1 is 1.17 bits per heavy atom. The molecule has 1 N–H and O–H groups in total. The molecule has 0 spiro atoms. The van der Waals surface area contributed by atoms with Crippen molar-refractivity contribution in [3.8, 4) is 0 Å². The molecular formula is C17H17NO3S2. The van der Waals surface area contributed by atoms with Gasteiger partial charge in [-0.05, 0) is 29.3 Å². The van der Waals surface area contributed by atoms with Gasteiger partial charge >= 0.3 is 0 Å². The van der Waals surface area contributed by atoms with Gasteiger partial charge in [-0.25, -0.2) is 13.4 Å². The molecule has 23 heavy (non-hydrogen) atoms. The molecule has 1 atom stereocenters. The quantitative estimate of drug-likeness (QED) is 0.769. The van der Waals surface area contributed by atoms with Crippen LogP contribution in [-0.4, -0.2) is 24.3 Å². The van der Waals surface area contributed by atoms with Crippen molar-refractivity contribution in [3.05, 3.63) is 64.1 Å². The van der Waals surface area contributed by atoms with E-state index >= 15 is 0 Å². The molecule has 0 aliphatic heterocycles. The molecule has 3 rings (SSSR count). The first-order valence-corrected chi connectivity index (χ1v) is 9.85. The summed E-state index contributed by atoms with van der Waals surface area (Å²) in [4.78, 5) is 4.77. The van der Waals surface area contributed by atoms with Crippen LogP contribution < -0.4 is 0 Å². The highest BCUT2D eigenvalue weighted by atomic mass is 32.2. The number of aryl methyl sites for hydroxylation is 1. The summed E-state index contributed by atoms with van der Waals surface area (Å²) in [5, 5.41) is 13.2. The number of rotatable bonds is 5. The summed E-state index contributed by atoms with van der Waals surface area (Å²) in [6.45, 7) is 1.84. The lowest BCUT2D eigenvalue weighted by Crippen LogP contribution is -2.16. The Balaban J connectivity index is 1.77. The lowest BCUT2D eigenvalue weighted by atomic mass is 10.0. The maximum absolute atomic E-state index is 12.3. The van der Waals surface area contributed by atoms with Crippen LogP contribution in [0.25, 0.3) is 10.8 Å². The van der Waals surface area contributed by atoms with Crippen LogP contribution in [-0.2, 0) is 15.6 Å². The molecule has 0 saturated heterocycles. The van der Waals surface area contributed by atoms with E-state index < -0.39 is 15.9 Å². The number of fused-ring (bicyclic) bond motifs is 1. The van der Waals surface area contributed by atoms with Gasteiger partial charge in [-0.2, -0.15) is 0 Å². The molecule has 0 aliphatic rings. The van der Waals surface area contributed by atoms with E-state index in [9.17, 15) is 13.5 Å². The Morgan fingerprint density at radius 2 is 1.91 bits per heavy atom. The SMILES string of the molecule is Cc1ncc(CS(=O)(=O)CC(O)c2ccc3ccccc3c2)s1. The standard InChI is InChI=1S/C17H17NO3S2/c1-12-18-9-16(22-12)10-23(20,21)11-17(19)15-7-6-13-4-2-3-5-14(13)8-15/h2-9,17,19H,10-11H2,1H3. The van der Waals surface area contributed by atoms with Crippen LogP contribution in [0, 0.1) is 6.92 Å². The molecule has 1 heterocycles. The first kappa shape index (κ1) is 16.1. The second-order valence-electron chi connectivity index (χ2n) is 5.52. The fourth-order valence-electron chi connectivity index (χ4n) is 2.50. The molecule has 0 aliphatic carbocycles. The zero-order chi connectivity index (χ0) is 16.4.